The van der Waals surface area contributed by atoms with Crippen LogP contribution in [0.2, 0.25) is 0 Å². The molecule has 0 amide bonds. The summed E-state index contributed by atoms with van der Waals surface area (Å²) in [7, 11) is 0. The lowest BCUT2D eigenvalue weighted by atomic mass is 9.95. The summed E-state index contributed by atoms with van der Waals surface area (Å²) in [6, 6.07) is -1.45. The van der Waals surface area contributed by atoms with Gasteiger partial charge >= 0.3 is 11.9 Å². The van der Waals surface area contributed by atoms with Gasteiger partial charge < -0.3 is 174 Å². The van der Waals surface area contributed by atoms with Crippen molar-refractivity contribution in [1.82, 2.24) is 0 Å². The standard InChI is InChI=1S/C48H79NO36S2/c1-11(40(68)69)7-86-9-18-38-25(59)28(62)43(78-18)77-17-6-72-42(27(61)20(17)54)80-34-13(2-50)73-46(29(63)21(34)55)85-39-19(10-87-8-12(49)41(70)71)79-48(33(67)26(39)60)83-37-16(5-53)75-45(31(65)23(37)57)81-35-14(3-51)74-44(30(64)22(35)56)82-36-15(4-52)76-47(84-38)32(66)24(36)58/h11-39,42-48,50-67H,2-10,49H2,1H3,(H,68,69)(H,70,71)/t11-,12-,13?,14?,15?,16?,17-,18?,19?,20+,21?,22?,23?,24-,25-,26?,27?,28?,29+,30+,31+,32?,33+,34-,35-,36-,37-,38-,39-,42+,43+,44-,45-,46+,47-,48+/m1/s1. The van der Waals surface area contributed by atoms with Crippen molar-refractivity contribution >= 4 is 35.5 Å². The van der Waals surface area contributed by atoms with Crippen LogP contribution in [-0.4, -0.2) is 385 Å². The van der Waals surface area contributed by atoms with E-state index in [0.717, 1.165) is 23.5 Å². The molecular weight excluding hydrogens is 1230 g/mol. The monoisotopic (exact) mass is 1310 g/mol. The van der Waals surface area contributed by atoms with E-state index in [1.54, 1.807) is 0 Å². The van der Waals surface area contributed by atoms with Crippen molar-refractivity contribution in [1.29, 1.82) is 0 Å². The van der Waals surface area contributed by atoms with Crippen molar-refractivity contribution in [3.8, 4) is 0 Å². The zero-order valence-corrected chi connectivity index (χ0v) is 47.7. The quantitative estimate of drug-likeness (QED) is 0.0768. The van der Waals surface area contributed by atoms with Crippen molar-refractivity contribution in [2.24, 2.45) is 11.7 Å². The molecule has 0 radical (unpaired) electrons. The molecule has 0 aromatic carbocycles. The van der Waals surface area contributed by atoms with E-state index in [1.165, 1.54) is 6.92 Å². The fourth-order valence-electron chi connectivity index (χ4n) is 10.9. The fourth-order valence-corrected chi connectivity index (χ4v) is 13.1. The maximum Gasteiger partial charge on any atom is 0.321 e. The largest absolute Gasteiger partial charge is 0.481 e. The first-order valence-corrected chi connectivity index (χ1v) is 30.0. The molecular formula is C48H79NO36S2. The van der Waals surface area contributed by atoms with Gasteiger partial charge in [-0.3, -0.25) is 9.59 Å². The first-order chi connectivity index (χ1) is 41.2. The molecule has 21 aliphatic heterocycles. The Labute approximate surface area is 501 Å². The molecule has 0 aliphatic carbocycles. The van der Waals surface area contributed by atoms with Gasteiger partial charge in [0.2, 0.25) is 0 Å². The van der Waals surface area contributed by atoms with E-state index >= 15 is 0 Å². The third-order valence-corrected chi connectivity index (χ3v) is 18.5. The molecule has 21 saturated heterocycles. The average Bonchev–Trinajstić information content (AvgIpc) is 1.23. The van der Waals surface area contributed by atoms with Gasteiger partial charge in [0, 0.05) is 23.0 Å². The number of hydrogen-bond acceptors (Lipinski definition) is 37. The highest BCUT2D eigenvalue weighted by molar-refractivity contribution is 7.99. The second kappa shape index (κ2) is 31.0. The van der Waals surface area contributed by atoms with Gasteiger partial charge in [0.15, 0.2) is 44.0 Å². The van der Waals surface area contributed by atoms with Crippen LogP contribution in [0.5, 0.6) is 0 Å². The minimum Gasteiger partial charge on any atom is -0.481 e. The smallest absolute Gasteiger partial charge is 0.321 e. The molecule has 0 spiro atoms. The number of ether oxygens (including phenoxy) is 14. The highest BCUT2D eigenvalue weighted by atomic mass is 32.2. The van der Waals surface area contributed by atoms with E-state index < -0.39 is 266 Å². The molecule has 37 nitrogen and oxygen atoms in total. The molecule has 21 aliphatic rings. The van der Waals surface area contributed by atoms with Crippen LogP contribution in [0.15, 0.2) is 0 Å². The molecule has 0 saturated carbocycles. The van der Waals surface area contributed by atoms with Gasteiger partial charge in [-0.05, 0) is 0 Å². The predicted octanol–water partition coefficient (Wildman–Crippen LogP) is -13.0. The van der Waals surface area contributed by atoms with Crippen LogP contribution in [-0.2, 0) is 75.9 Å². The highest BCUT2D eigenvalue weighted by Gasteiger charge is 2.59. The normalized spacial score (nSPS) is 50.2. The lowest BCUT2D eigenvalue weighted by molar-refractivity contribution is -0.395. The molecule has 0 aromatic heterocycles. The molecule has 39 heteroatoms. The number of aliphatic hydroxyl groups is 18. The van der Waals surface area contributed by atoms with Crippen LogP contribution >= 0.6 is 23.5 Å². The minimum absolute atomic E-state index is 0.0616. The number of nitrogens with two attached hydrogens (primary N) is 1. The lowest BCUT2D eigenvalue weighted by Crippen LogP contribution is -2.68. The van der Waals surface area contributed by atoms with Crippen LogP contribution < -0.4 is 5.73 Å². The second-order valence-corrected chi connectivity index (χ2v) is 24.2. The average molecular weight is 1310 g/mol. The topological polar surface area (TPSA) is 594 Å². The van der Waals surface area contributed by atoms with Crippen molar-refractivity contribution in [3.05, 3.63) is 0 Å². The van der Waals surface area contributed by atoms with E-state index in [9.17, 15) is 112 Å². The number of carboxylic acids is 2. The summed E-state index contributed by atoms with van der Waals surface area (Å²) in [6.45, 7) is -3.54. The molecule has 21 rings (SSSR count). The molecule has 22 N–H and O–H groups in total. The molecule has 21 fully saturated rings. The predicted molar refractivity (Wildman–Crippen MR) is 275 cm³/mol. The molecule has 13 unspecified atom stereocenters. The van der Waals surface area contributed by atoms with Gasteiger partial charge in [-0.2, -0.15) is 23.5 Å². The molecule has 0 aromatic rings. The van der Waals surface area contributed by atoms with Crippen molar-refractivity contribution in [3.63, 3.8) is 0 Å². The highest BCUT2D eigenvalue weighted by Crippen LogP contribution is 2.39. The number of thioether (sulfide) groups is 2. The maximum absolute atomic E-state index is 11.7. The summed E-state index contributed by atoms with van der Waals surface area (Å²) in [6.07, 6.45) is -67.2. The molecule has 21 heterocycles. The molecule has 36 atom stereocenters. The Hall–Kier alpha value is -1.68. The summed E-state index contributed by atoms with van der Waals surface area (Å²) in [4.78, 5) is 23.3. The second-order valence-electron chi connectivity index (χ2n) is 22.1. The van der Waals surface area contributed by atoms with Crippen molar-refractivity contribution in [2.75, 3.05) is 56.0 Å². The van der Waals surface area contributed by atoms with Crippen molar-refractivity contribution in [2.45, 2.75) is 222 Å². The SMILES string of the molecule is C[C@H](CSCC1O[C@@H]2O[C@@H]3CO[C@@H](O[C@@H]4C(CO)O[C@@H](O[C@@H]5C(CSC[C@@H](N)C(=O)O)O[C@@H](O[C@@H]6C(CO)O[C@H](O[C@@H]7C(CO)O[C@H](O[C@@H]8C(CO)O[C@H](O[C@H]1[C@H](O)C2O)C(O)[C@H]8O)[C@@H](O)C7O)[C@@H](O)C6O)[C@@H](O)C5O)[C@@H](O)C4O)C(O)[C@H]3O)C(=O)O. The Morgan fingerprint density at radius 1 is 0.368 bits per heavy atom. The Balaban J connectivity index is 1.09. The number of carboxylic acid groups (broad SMARTS) is 2. The van der Waals surface area contributed by atoms with Crippen LogP contribution in [0.4, 0.5) is 0 Å². The third kappa shape index (κ3) is 15.6. The van der Waals surface area contributed by atoms with Crippen LogP contribution in [0, 0.1) is 5.92 Å². The number of aliphatic hydroxyl groups excluding tert-OH is 18. The number of hydrogen-bond donors (Lipinski definition) is 21. The number of rotatable bonds is 14. The van der Waals surface area contributed by atoms with Crippen LogP contribution in [0.3, 0.4) is 0 Å². The van der Waals surface area contributed by atoms with E-state index in [-0.39, 0.29) is 23.0 Å². The third-order valence-electron chi connectivity index (χ3n) is 16.0. The Morgan fingerprint density at radius 3 is 0.931 bits per heavy atom. The summed E-state index contributed by atoms with van der Waals surface area (Å²) in [5.74, 6) is -4.50. The van der Waals surface area contributed by atoms with Gasteiger partial charge in [-0.25, -0.2) is 0 Å². The molecule has 87 heavy (non-hydrogen) atoms. The van der Waals surface area contributed by atoms with Crippen LogP contribution in [0.1, 0.15) is 6.92 Å². The molecule has 504 valence electrons. The molecule has 14 bridgehead atoms. The van der Waals surface area contributed by atoms with Gasteiger partial charge in [-0.15, -0.1) is 0 Å². The van der Waals surface area contributed by atoms with Gasteiger partial charge in [0.25, 0.3) is 0 Å². The Kier molecular flexibility index (Phi) is 25.4. The summed E-state index contributed by atoms with van der Waals surface area (Å²) >= 11 is 1.78. The van der Waals surface area contributed by atoms with Gasteiger partial charge in [0.05, 0.1) is 51.2 Å². The summed E-state index contributed by atoms with van der Waals surface area (Å²) in [5.41, 5.74) is 5.70. The van der Waals surface area contributed by atoms with E-state index in [2.05, 4.69) is 0 Å². The van der Waals surface area contributed by atoms with E-state index in [0.29, 0.717) is 0 Å². The fraction of sp³-hybridized carbons (Fsp3) is 0.958. The zero-order chi connectivity index (χ0) is 63.6. The van der Waals surface area contributed by atoms with E-state index in [1.807, 2.05) is 0 Å². The lowest BCUT2D eigenvalue weighted by Gasteiger charge is -2.50. The first-order valence-electron chi connectivity index (χ1n) is 27.7. The Bertz CT molecular complexity index is 2170. The van der Waals surface area contributed by atoms with E-state index in [4.69, 9.17) is 72.0 Å². The summed E-state index contributed by atoms with van der Waals surface area (Å²) < 4.78 is 81.6. The number of aliphatic carboxylic acids is 2. The minimum atomic E-state index is -2.24. The van der Waals surface area contributed by atoms with Crippen molar-refractivity contribution < 1.29 is 178 Å². The first kappa shape index (κ1) is 71.2. The van der Waals surface area contributed by atoms with Gasteiger partial charge in [-0.1, -0.05) is 6.92 Å². The Morgan fingerprint density at radius 2 is 0.632 bits per heavy atom. The van der Waals surface area contributed by atoms with Crippen LogP contribution in [0.25, 0.3) is 0 Å². The summed E-state index contributed by atoms with van der Waals surface area (Å²) in [5, 5.41) is 222. The van der Waals surface area contributed by atoms with Gasteiger partial charge in [0.1, 0.15) is 159 Å². The zero-order valence-electron chi connectivity index (χ0n) is 46.0. The maximum atomic E-state index is 11.7. The number of carbonyl (C=O) groups is 2.